The number of carbonyl (C=O) groups is 2. The topological polar surface area (TPSA) is 50.5 Å². The van der Waals surface area contributed by atoms with Gasteiger partial charge in [0.2, 0.25) is 0 Å². The van der Waals surface area contributed by atoms with Crippen molar-refractivity contribution in [3.05, 3.63) is 80.9 Å². The van der Waals surface area contributed by atoms with E-state index in [1.54, 1.807) is 60.7 Å². The lowest BCUT2D eigenvalue weighted by Crippen LogP contribution is -2.27. The fourth-order valence-corrected chi connectivity index (χ4v) is 4.59. The van der Waals surface area contributed by atoms with Crippen molar-refractivity contribution < 1.29 is 14.0 Å². The van der Waals surface area contributed by atoms with Crippen LogP contribution in [-0.4, -0.2) is 16.0 Å². The van der Waals surface area contributed by atoms with E-state index in [1.165, 1.54) is 23.6 Å². The van der Waals surface area contributed by atoms with Crippen molar-refractivity contribution in [1.29, 1.82) is 0 Å². The normalized spacial score (nSPS) is 15.3. The molecule has 0 N–H and O–H groups in total. The van der Waals surface area contributed by atoms with Gasteiger partial charge in [0.15, 0.2) is 10.1 Å². The first-order chi connectivity index (χ1) is 14.3. The van der Waals surface area contributed by atoms with Gasteiger partial charge >= 0.3 is 0 Å². The fraction of sp³-hybridized carbons (Fsp3) is 0.0455. The molecule has 0 radical (unpaired) electrons. The average molecular weight is 474 g/mol. The van der Waals surface area contributed by atoms with Crippen LogP contribution in [0, 0.1) is 0 Å². The number of thiocarbonyl (C=S) groups is 1. The van der Waals surface area contributed by atoms with Gasteiger partial charge in [-0.2, -0.15) is 0 Å². The minimum atomic E-state index is -0.251. The molecular formula is C22H13Cl2NO3S2. The number of hydrogen-bond donors (Lipinski definition) is 0. The molecule has 1 saturated heterocycles. The summed E-state index contributed by atoms with van der Waals surface area (Å²) >= 11 is 18.9. The molecule has 1 aromatic heterocycles. The molecule has 0 bridgehead atoms. The molecule has 3 aromatic rings. The van der Waals surface area contributed by atoms with Crippen LogP contribution in [0.15, 0.2) is 63.9 Å². The molecule has 1 aliphatic heterocycles. The molecule has 0 atom stereocenters. The number of Topliss-reactive ketones (excluding diaryl/α,β-unsaturated/α-hetero) is 1. The van der Waals surface area contributed by atoms with Crippen LogP contribution in [0.4, 0.5) is 5.69 Å². The number of halogens is 2. The van der Waals surface area contributed by atoms with Gasteiger partial charge in [-0.05, 0) is 61.5 Å². The van der Waals surface area contributed by atoms with Crippen molar-refractivity contribution in [2.24, 2.45) is 0 Å². The number of rotatable bonds is 4. The van der Waals surface area contributed by atoms with E-state index in [-0.39, 0.29) is 11.7 Å². The monoisotopic (exact) mass is 473 g/mol. The molecule has 1 amide bonds. The number of nitrogens with zero attached hydrogens (tertiary/aromatic N) is 1. The smallest absolute Gasteiger partial charge is 0.270 e. The van der Waals surface area contributed by atoms with Crippen LogP contribution in [0.3, 0.4) is 0 Å². The van der Waals surface area contributed by atoms with Gasteiger partial charge in [-0.1, -0.05) is 47.2 Å². The van der Waals surface area contributed by atoms with Crippen molar-refractivity contribution >= 4 is 75.0 Å². The van der Waals surface area contributed by atoms with Crippen molar-refractivity contribution in [2.45, 2.75) is 6.92 Å². The van der Waals surface area contributed by atoms with Crippen LogP contribution < -0.4 is 4.90 Å². The molecule has 8 heteroatoms. The quantitative estimate of drug-likeness (QED) is 0.235. The highest BCUT2D eigenvalue weighted by atomic mass is 35.5. The number of carbonyl (C=O) groups excluding carboxylic acids is 2. The van der Waals surface area contributed by atoms with E-state index in [0.717, 1.165) is 0 Å². The molecule has 2 aromatic carbocycles. The maximum atomic E-state index is 12.9. The predicted octanol–water partition coefficient (Wildman–Crippen LogP) is 6.86. The lowest BCUT2D eigenvalue weighted by atomic mass is 10.1. The standard InChI is InChI=1S/C22H13Cl2NO3S2/c1-12(26)13-2-5-15(6-3-13)25-21(27)20(30-22(25)29)11-16-7-9-19(28-16)17-10-14(23)4-8-18(17)24/h2-11H,1H3. The second-order valence-electron chi connectivity index (χ2n) is 6.45. The van der Waals surface area contributed by atoms with Gasteiger partial charge in [0.05, 0.1) is 15.6 Å². The Hall–Kier alpha value is -2.38. The largest absolute Gasteiger partial charge is 0.457 e. The van der Waals surface area contributed by atoms with Gasteiger partial charge in [-0.3, -0.25) is 14.5 Å². The highest BCUT2D eigenvalue weighted by Crippen LogP contribution is 2.37. The lowest BCUT2D eigenvalue weighted by Gasteiger charge is -2.14. The Kier molecular flexibility index (Phi) is 5.84. The molecule has 4 rings (SSSR count). The first-order valence-electron chi connectivity index (χ1n) is 8.78. The zero-order valence-electron chi connectivity index (χ0n) is 15.5. The molecular weight excluding hydrogens is 461 g/mol. The summed E-state index contributed by atoms with van der Waals surface area (Å²) in [4.78, 5) is 26.3. The summed E-state index contributed by atoms with van der Waals surface area (Å²) in [7, 11) is 0. The minimum absolute atomic E-state index is 0.0414. The van der Waals surface area contributed by atoms with Crippen molar-refractivity contribution in [2.75, 3.05) is 4.90 Å². The Morgan fingerprint density at radius 1 is 1.10 bits per heavy atom. The number of hydrogen-bond acceptors (Lipinski definition) is 5. The number of anilines is 1. The van der Waals surface area contributed by atoms with Gasteiger partial charge < -0.3 is 4.42 Å². The van der Waals surface area contributed by atoms with Crippen LogP contribution >= 0.6 is 47.2 Å². The van der Waals surface area contributed by atoms with Crippen LogP contribution in [0.2, 0.25) is 10.0 Å². The van der Waals surface area contributed by atoms with Crippen LogP contribution in [0.1, 0.15) is 23.0 Å². The summed E-state index contributed by atoms with van der Waals surface area (Å²) in [6.07, 6.45) is 1.64. The zero-order valence-corrected chi connectivity index (χ0v) is 18.7. The fourth-order valence-electron chi connectivity index (χ4n) is 2.93. The van der Waals surface area contributed by atoms with Crippen molar-refractivity contribution in [1.82, 2.24) is 0 Å². The number of furan rings is 1. The van der Waals surface area contributed by atoms with E-state index < -0.39 is 0 Å². The summed E-state index contributed by atoms with van der Waals surface area (Å²) in [5.41, 5.74) is 1.85. The maximum Gasteiger partial charge on any atom is 0.270 e. The van der Waals surface area contributed by atoms with E-state index in [0.29, 0.717) is 47.6 Å². The number of thioether (sulfide) groups is 1. The summed E-state index contributed by atoms with van der Waals surface area (Å²) in [6, 6.07) is 15.4. The summed E-state index contributed by atoms with van der Waals surface area (Å²) in [6.45, 7) is 1.49. The number of benzene rings is 2. The molecule has 30 heavy (non-hydrogen) atoms. The molecule has 0 unspecified atom stereocenters. The number of amides is 1. The molecule has 0 saturated carbocycles. The second kappa shape index (κ2) is 8.40. The third-order valence-electron chi connectivity index (χ3n) is 4.42. The molecule has 2 heterocycles. The van der Waals surface area contributed by atoms with Crippen molar-refractivity contribution in [3.63, 3.8) is 0 Å². The van der Waals surface area contributed by atoms with E-state index in [9.17, 15) is 9.59 Å². The third-order valence-corrected chi connectivity index (χ3v) is 6.29. The zero-order chi connectivity index (χ0) is 21.4. The summed E-state index contributed by atoms with van der Waals surface area (Å²) in [5, 5.41) is 1.06. The summed E-state index contributed by atoms with van der Waals surface area (Å²) in [5.74, 6) is 0.747. The Morgan fingerprint density at radius 3 is 2.53 bits per heavy atom. The van der Waals surface area contributed by atoms with Gasteiger partial charge in [0.1, 0.15) is 11.5 Å². The highest BCUT2D eigenvalue weighted by Gasteiger charge is 2.33. The van der Waals surface area contributed by atoms with Gasteiger partial charge in [-0.25, -0.2) is 0 Å². The molecule has 150 valence electrons. The molecule has 0 aliphatic carbocycles. The SMILES string of the molecule is CC(=O)c1ccc(N2C(=O)C(=Cc3ccc(-c4cc(Cl)ccc4Cl)o3)SC2=S)cc1. The second-order valence-corrected chi connectivity index (χ2v) is 8.97. The van der Waals surface area contributed by atoms with Crippen LogP contribution in [0.5, 0.6) is 0 Å². The third kappa shape index (κ3) is 4.09. The maximum absolute atomic E-state index is 12.9. The molecule has 1 aliphatic rings. The molecule has 0 spiro atoms. The Bertz CT molecular complexity index is 1220. The van der Waals surface area contributed by atoms with E-state index in [2.05, 4.69) is 0 Å². The number of ketones is 1. The lowest BCUT2D eigenvalue weighted by molar-refractivity contribution is -0.113. The first kappa shape index (κ1) is 20.9. The minimum Gasteiger partial charge on any atom is -0.457 e. The van der Waals surface area contributed by atoms with Gasteiger partial charge in [0.25, 0.3) is 5.91 Å². The van der Waals surface area contributed by atoms with E-state index in [4.69, 9.17) is 39.8 Å². The Balaban J connectivity index is 1.60. The van der Waals surface area contributed by atoms with E-state index in [1.807, 2.05) is 0 Å². The van der Waals surface area contributed by atoms with E-state index >= 15 is 0 Å². The Morgan fingerprint density at radius 2 is 1.83 bits per heavy atom. The van der Waals surface area contributed by atoms with Crippen LogP contribution in [-0.2, 0) is 4.79 Å². The summed E-state index contributed by atoms with van der Waals surface area (Å²) < 4.78 is 6.26. The molecule has 1 fully saturated rings. The van der Waals surface area contributed by atoms with Crippen molar-refractivity contribution in [3.8, 4) is 11.3 Å². The Labute approximate surface area is 192 Å². The first-order valence-corrected chi connectivity index (χ1v) is 10.8. The van der Waals surface area contributed by atoms with Gasteiger partial charge in [-0.15, -0.1) is 0 Å². The molecule has 4 nitrogen and oxygen atoms in total. The van der Waals surface area contributed by atoms with Crippen LogP contribution in [0.25, 0.3) is 17.4 Å². The predicted molar refractivity (Wildman–Crippen MR) is 126 cm³/mol. The van der Waals surface area contributed by atoms with Gasteiger partial charge in [0, 0.05) is 22.2 Å². The average Bonchev–Trinajstić information content (AvgIpc) is 3.28. The highest BCUT2D eigenvalue weighted by molar-refractivity contribution is 8.27.